The molecule has 5 heteroatoms. The molecular formula is C19H27FN4. The van der Waals surface area contributed by atoms with E-state index in [9.17, 15) is 4.39 Å². The predicted molar refractivity (Wildman–Crippen MR) is 96.3 cm³/mol. The number of anilines is 1. The van der Waals surface area contributed by atoms with Crippen molar-refractivity contribution in [1.29, 1.82) is 0 Å². The summed E-state index contributed by atoms with van der Waals surface area (Å²) in [5.74, 6) is 0.0565. The van der Waals surface area contributed by atoms with Gasteiger partial charge in [0.2, 0.25) is 11.9 Å². The molecule has 2 aromatic heterocycles. The highest BCUT2D eigenvalue weighted by molar-refractivity contribution is 5.59. The molecule has 1 N–H and O–H groups in total. The Labute approximate surface area is 144 Å². The van der Waals surface area contributed by atoms with Crippen LogP contribution in [0.3, 0.4) is 0 Å². The number of hydrogen-bond donors (Lipinski definition) is 1. The minimum absolute atomic E-state index is 0.366. The number of nitrogens with one attached hydrogen (secondary N) is 1. The zero-order chi connectivity index (χ0) is 17.2. The number of rotatable bonds is 10. The predicted octanol–water partition coefficient (Wildman–Crippen LogP) is 5.23. The first-order valence-corrected chi connectivity index (χ1v) is 8.95. The molecule has 24 heavy (non-hydrogen) atoms. The Hall–Kier alpha value is -2.04. The van der Waals surface area contributed by atoms with Gasteiger partial charge in [-0.05, 0) is 31.0 Å². The SMILES string of the molecule is CCCCCC(CCCC)Nc1nccc(-c2cccnc2F)n1. The van der Waals surface area contributed by atoms with Crippen LogP contribution in [0.25, 0.3) is 11.3 Å². The molecule has 0 bridgehead atoms. The zero-order valence-electron chi connectivity index (χ0n) is 14.6. The lowest BCUT2D eigenvalue weighted by atomic mass is 10.0. The fourth-order valence-electron chi connectivity index (χ4n) is 2.72. The molecule has 0 radical (unpaired) electrons. The average Bonchev–Trinajstić information content (AvgIpc) is 2.60. The van der Waals surface area contributed by atoms with Gasteiger partial charge in [0.25, 0.3) is 0 Å². The molecule has 0 aliphatic rings. The highest BCUT2D eigenvalue weighted by Crippen LogP contribution is 2.20. The number of halogens is 1. The summed E-state index contributed by atoms with van der Waals surface area (Å²) in [4.78, 5) is 12.5. The van der Waals surface area contributed by atoms with Crippen molar-refractivity contribution >= 4 is 5.95 Å². The quantitative estimate of drug-likeness (QED) is 0.479. The van der Waals surface area contributed by atoms with E-state index in [0.717, 1.165) is 12.8 Å². The normalized spacial score (nSPS) is 12.1. The van der Waals surface area contributed by atoms with Gasteiger partial charge in [0.1, 0.15) is 0 Å². The zero-order valence-corrected chi connectivity index (χ0v) is 14.6. The van der Waals surface area contributed by atoms with Gasteiger partial charge in [-0.2, -0.15) is 4.39 Å². The van der Waals surface area contributed by atoms with Crippen LogP contribution in [-0.2, 0) is 0 Å². The third-order valence-corrected chi connectivity index (χ3v) is 4.09. The van der Waals surface area contributed by atoms with Gasteiger partial charge < -0.3 is 5.32 Å². The summed E-state index contributed by atoms with van der Waals surface area (Å²) < 4.78 is 13.8. The molecule has 1 unspecified atom stereocenters. The number of aromatic nitrogens is 3. The summed E-state index contributed by atoms with van der Waals surface area (Å²) in [7, 11) is 0. The summed E-state index contributed by atoms with van der Waals surface area (Å²) in [5, 5.41) is 3.44. The number of hydrogen-bond acceptors (Lipinski definition) is 4. The summed E-state index contributed by atoms with van der Waals surface area (Å²) in [6.07, 6.45) is 11.3. The molecule has 0 aliphatic heterocycles. The molecule has 0 aliphatic carbocycles. The van der Waals surface area contributed by atoms with E-state index in [1.54, 1.807) is 24.4 Å². The summed E-state index contributed by atoms with van der Waals surface area (Å²) in [6, 6.07) is 5.47. The van der Waals surface area contributed by atoms with Crippen molar-refractivity contribution in [2.24, 2.45) is 0 Å². The van der Waals surface area contributed by atoms with Crippen molar-refractivity contribution in [3.05, 3.63) is 36.5 Å². The van der Waals surface area contributed by atoms with Gasteiger partial charge in [0.15, 0.2) is 0 Å². The second kappa shape index (κ2) is 9.96. The Bertz CT molecular complexity index is 618. The van der Waals surface area contributed by atoms with Gasteiger partial charge in [-0.3, -0.25) is 0 Å². The Balaban J connectivity index is 2.09. The van der Waals surface area contributed by atoms with Crippen molar-refractivity contribution in [2.75, 3.05) is 5.32 Å². The van der Waals surface area contributed by atoms with Crippen LogP contribution in [0.5, 0.6) is 0 Å². The Morgan fingerprint density at radius 3 is 2.54 bits per heavy atom. The molecule has 130 valence electrons. The average molecular weight is 330 g/mol. The van der Waals surface area contributed by atoms with Crippen molar-refractivity contribution in [2.45, 2.75) is 64.8 Å². The van der Waals surface area contributed by atoms with Crippen molar-refractivity contribution < 1.29 is 4.39 Å². The van der Waals surface area contributed by atoms with E-state index in [-0.39, 0.29) is 0 Å². The monoisotopic (exact) mass is 330 g/mol. The van der Waals surface area contributed by atoms with E-state index in [2.05, 4.69) is 34.1 Å². The maximum Gasteiger partial charge on any atom is 0.223 e. The van der Waals surface area contributed by atoms with Crippen LogP contribution in [0, 0.1) is 5.95 Å². The molecule has 2 aromatic rings. The Morgan fingerprint density at radius 2 is 1.79 bits per heavy atom. The molecule has 4 nitrogen and oxygen atoms in total. The number of unbranched alkanes of at least 4 members (excludes halogenated alkanes) is 3. The van der Waals surface area contributed by atoms with Crippen LogP contribution >= 0.6 is 0 Å². The molecule has 0 saturated carbocycles. The van der Waals surface area contributed by atoms with Crippen molar-refractivity contribution in [3.8, 4) is 11.3 Å². The van der Waals surface area contributed by atoms with E-state index in [4.69, 9.17) is 0 Å². The lowest BCUT2D eigenvalue weighted by Crippen LogP contribution is -2.21. The molecule has 0 aromatic carbocycles. The molecule has 1 atom stereocenters. The second-order valence-electron chi connectivity index (χ2n) is 6.09. The molecule has 2 rings (SSSR count). The van der Waals surface area contributed by atoms with Crippen LogP contribution in [0.4, 0.5) is 10.3 Å². The second-order valence-corrected chi connectivity index (χ2v) is 6.09. The first-order chi connectivity index (χ1) is 11.7. The summed E-state index contributed by atoms with van der Waals surface area (Å²) in [6.45, 7) is 4.41. The van der Waals surface area contributed by atoms with Gasteiger partial charge in [-0.25, -0.2) is 15.0 Å². The summed E-state index contributed by atoms with van der Waals surface area (Å²) in [5.41, 5.74) is 0.958. The van der Waals surface area contributed by atoms with Crippen LogP contribution < -0.4 is 5.32 Å². The standard InChI is InChI=1S/C19H27FN4/c1-3-5-7-10-15(9-6-4-2)23-19-22-14-12-17(24-19)16-11-8-13-21-18(16)20/h8,11-15H,3-7,9-10H2,1-2H3,(H,22,23,24). The fraction of sp³-hybridized carbons (Fsp3) is 0.526. The van der Waals surface area contributed by atoms with Crippen LogP contribution in [0.15, 0.2) is 30.6 Å². The highest BCUT2D eigenvalue weighted by Gasteiger charge is 2.12. The summed E-state index contributed by atoms with van der Waals surface area (Å²) >= 11 is 0. The molecule has 0 spiro atoms. The first-order valence-electron chi connectivity index (χ1n) is 8.95. The maximum atomic E-state index is 13.8. The van der Waals surface area contributed by atoms with Gasteiger partial charge >= 0.3 is 0 Å². The largest absolute Gasteiger partial charge is 0.351 e. The molecular weight excluding hydrogens is 303 g/mol. The molecule has 0 fully saturated rings. The topological polar surface area (TPSA) is 50.7 Å². The van der Waals surface area contributed by atoms with Gasteiger partial charge in [-0.15, -0.1) is 0 Å². The minimum Gasteiger partial charge on any atom is -0.351 e. The van der Waals surface area contributed by atoms with Crippen LogP contribution in [-0.4, -0.2) is 21.0 Å². The first kappa shape index (κ1) is 18.3. The van der Waals surface area contributed by atoms with Gasteiger partial charge in [0, 0.05) is 18.4 Å². The fourth-order valence-corrected chi connectivity index (χ4v) is 2.72. The van der Waals surface area contributed by atoms with Gasteiger partial charge in [-0.1, -0.05) is 46.0 Å². The van der Waals surface area contributed by atoms with E-state index >= 15 is 0 Å². The number of pyridine rings is 1. The van der Waals surface area contributed by atoms with E-state index in [1.165, 1.54) is 38.3 Å². The van der Waals surface area contributed by atoms with Crippen LogP contribution in [0.1, 0.15) is 58.8 Å². The lowest BCUT2D eigenvalue weighted by Gasteiger charge is -2.18. The molecule has 2 heterocycles. The smallest absolute Gasteiger partial charge is 0.223 e. The highest BCUT2D eigenvalue weighted by atomic mass is 19.1. The maximum absolute atomic E-state index is 13.8. The Morgan fingerprint density at radius 1 is 1.00 bits per heavy atom. The molecule has 0 amide bonds. The lowest BCUT2D eigenvalue weighted by molar-refractivity contribution is 0.533. The number of nitrogens with zero attached hydrogens (tertiary/aromatic N) is 3. The van der Waals surface area contributed by atoms with E-state index in [0.29, 0.717) is 23.2 Å². The van der Waals surface area contributed by atoms with E-state index in [1.807, 2.05) is 0 Å². The van der Waals surface area contributed by atoms with Crippen molar-refractivity contribution in [3.63, 3.8) is 0 Å². The Kier molecular flexibility index (Phi) is 7.59. The minimum atomic E-state index is -0.507. The van der Waals surface area contributed by atoms with Crippen LogP contribution in [0.2, 0.25) is 0 Å². The van der Waals surface area contributed by atoms with E-state index < -0.39 is 5.95 Å². The third-order valence-electron chi connectivity index (χ3n) is 4.09. The third kappa shape index (κ3) is 5.55. The van der Waals surface area contributed by atoms with Gasteiger partial charge in [0.05, 0.1) is 11.3 Å². The van der Waals surface area contributed by atoms with Crippen molar-refractivity contribution in [1.82, 2.24) is 15.0 Å². The molecule has 0 saturated heterocycles.